The number of aliphatic hydroxyl groups excluding tert-OH is 1. The van der Waals surface area contributed by atoms with E-state index in [1.165, 1.54) is 4.90 Å². The highest BCUT2D eigenvalue weighted by molar-refractivity contribution is 8.02. The summed E-state index contributed by atoms with van der Waals surface area (Å²) >= 11 is 7.57. The van der Waals surface area contributed by atoms with Gasteiger partial charge in [-0.1, -0.05) is 18.5 Å². The predicted octanol–water partition coefficient (Wildman–Crippen LogP) is 2.28. The molecule has 9 heteroatoms. The maximum Gasteiger partial charge on any atom is 0.248 e. The quantitative estimate of drug-likeness (QED) is 0.573. The highest BCUT2D eigenvalue weighted by Crippen LogP contribution is 2.66. The van der Waals surface area contributed by atoms with Crippen molar-refractivity contribution >= 4 is 46.8 Å². The van der Waals surface area contributed by atoms with Gasteiger partial charge in [0.15, 0.2) is 0 Å². The summed E-state index contributed by atoms with van der Waals surface area (Å²) < 4.78 is -0.657. The Balaban J connectivity index is 1.68. The van der Waals surface area contributed by atoms with Crippen LogP contribution in [-0.4, -0.2) is 63.0 Å². The van der Waals surface area contributed by atoms with Crippen molar-refractivity contribution < 1.29 is 19.5 Å². The predicted molar refractivity (Wildman–Crippen MR) is 121 cm³/mol. The van der Waals surface area contributed by atoms with E-state index in [2.05, 4.69) is 10.6 Å². The van der Waals surface area contributed by atoms with Crippen LogP contribution < -0.4 is 10.6 Å². The van der Waals surface area contributed by atoms with Crippen LogP contribution in [0.5, 0.6) is 0 Å². The Morgan fingerprint density at radius 3 is 2.68 bits per heavy atom. The fourth-order valence-electron chi connectivity index (χ4n) is 5.36. The molecule has 0 aliphatic carbocycles. The van der Waals surface area contributed by atoms with E-state index in [9.17, 15) is 19.5 Å². The minimum absolute atomic E-state index is 0.0308. The van der Waals surface area contributed by atoms with Gasteiger partial charge in [-0.3, -0.25) is 14.4 Å². The Bertz CT molecular complexity index is 882. The smallest absolute Gasteiger partial charge is 0.248 e. The van der Waals surface area contributed by atoms with E-state index in [1.54, 1.807) is 43.0 Å². The molecular formula is C22H28ClN3O4S. The summed E-state index contributed by atoms with van der Waals surface area (Å²) in [4.78, 5) is 41.6. The molecule has 3 aliphatic rings. The number of fused-ring (bicyclic) bond motifs is 1. The second-order valence-corrected chi connectivity index (χ2v) is 10.7. The van der Waals surface area contributed by atoms with Crippen LogP contribution in [0.4, 0.5) is 5.69 Å². The monoisotopic (exact) mass is 465 g/mol. The van der Waals surface area contributed by atoms with Crippen molar-refractivity contribution in [2.75, 3.05) is 18.5 Å². The van der Waals surface area contributed by atoms with Crippen LogP contribution in [0.1, 0.15) is 33.1 Å². The molecule has 0 saturated carbocycles. The molecule has 1 spiro atoms. The minimum Gasteiger partial charge on any atom is -0.394 e. The summed E-state index contributed by atoms with van der Waals surface area (Å²) in [5.74, 6) is -1.59. The lowest BCUT2D eigenvalue weighted by atomic mass is 9.70. The summed E-state index contributed by atoms with van der Waals surface area (Å²) in [6.45, 7) is 4.04. The summed E-state index contributed by atoms with van der Waals surface area (Å²) in [5, 5.41) is 16.3. The standard InChI is InChI=1S/C22H28ClN3O4S/c1-3-10-24-19(28)16-15-8-9-22(31-15)17(16)21(30)26(12(2)11-27)18(22)20(29)25-14-6-4-13(23)5-7-14/h4-7,12,15-18,27H,3,8-11H2,1-2H3,(H,24,28)(H,25,29)/t12-,15+,16-,17+,18?,22?/m1/s1. The highest BCUT2D eigenvalue weighted by atomic mass is 35.5. The van der Waals surface area contributed by atoms with E-state index >= 15 is 0 Å². The normalized spacial score (nSPS) is 32.1. The molecule has 1 aromatic rings. The van der Waals surface area contributed by atoms with Gasteiger partial charge in [-0.2, -0.15) is 0 Å². The molecule has 2 bridgehead atoms. The number of carbonyl (C=O) groups is 3. The topological polar surface area (TPSA) is 98.7 Å². The number of nitrogens with one attached hydrogen (secondary N) is 2. The van der Waals surface area contributed by atoms with E-state index < -0.39 is 28.7 Å². The van der Waals surface area contributed by atoms with Gasteiger partial charge in [0.25, 0.3) is 0 Å². The summed E-state index contributed by atoms with van der Waals surface area (Å²) in [6.07, 6.45) is 2.31. The number of hydrogen-bond acceptors (Lipinski definition) is 5. The molecule has 31 heavy (non-hydrogen) atoms. The average Bonchev–Trinajstić information content (AvgIpc) is 3.40. The molecule has 3 heterocycles. The minimum atomic E-state index is -0.748. The third-order valence-electron chi connectivity index (χ3n) is 6.69. The fraction of sp³-hybridized carbons (Fsp3) is 0.591. The third kappa shape index (κ3) is 3.62. The summed E-state index contributed by atoms with van der Waals surface area (Å²) in [6, 6.07) is 5.54. The molecule has 1 aromatic carbocycles. The van der Waals surface area contributed by atoms with Crippen LogP contribution in [0.25, 0.3) is 0 Å². The molecule has 3 N–H and O–H groups in total. The van der Waals surface area contributed by atoms with Crippen molar-refractivity contribution in [3.63, 3.8) is 0 Å². The average molecular weight is 466 g/mol. The number of benzene rings is 1. The fourth-order valence-corrected chi connectivity index (χ4v) is 7.69. The Labute approximate surface area is 191 Å². The molecule has 7 nitrogen and oxygen atoms in total. The molecule has 2 unspecified atom stereocenters. The number of carbonyl (C=O) groups excluding carboxylic acids is 3. The van der Waals surface area contributed by atoms with Crippen molar-refractivity contribution in [3.8, 4) is 0 Å². The van der Waals surface area contributed by atoms with Gasteiger partial charge in [0.1, 0.15) is 6.04 Å². The van der Waals surface area contributed by atoms with Gasteiger partial charge < -0.3 is 20.6 Å². The summed E-state index contributed by atoms with van der Waals surface area (Å²) in [7, 11) is 0. The van der Waals surface area contributed by atoms with Gasteiger partial charge in [0, 0.05) is 22.5 Å². The van der Waals surface area contributed by atoms with E-state index in [0.717, 1.165) is 12.8 Å². The van der Waals surface area contributed by atoms with E-state index in [4.69, 9.17) is 11.6 Å². The SMILES string of the molecule is CCCNC(=O)[C@@H]1[C@@H]2CCC3(S2)C(C(=O)Nc2ccc(Cl)cc2)N([C@H](C)CO)C(=O)[C@H]13. The molecule has 3 saturated heterocycles. The lowest BCUT2D eigenvalue weighted by Crippen LogP contribution is -2.54. The zero-order chi connectivity index (χ0) is 22.3. The third-order valence-corrected chi connectivity index (χ3v) is 8.89. The van der Waals surface area contributed by atoms with Crippen molar-refractivity contribution in [2.24, 2.45) is 11.8 Å². The number of nitrogens with zero attached hydrogens (tertiary/aromatic N) is 1. The van der Waals surface area contributed by atoms with Gasteiger partial charge in [0.05, 0.1) is 29.2 Å². The summed E-state index contributed by atoms with van der Waals surface area (Å²) in [5.41, 5.74) is 0.591. The van der Waals surface area contributed by atoms with Crippen LogP contribution >= 0.6 is 23.4 Å². The Kier molecular flexibility index (Phi) is 6.25. The number of aliphatic hydroxyl groups is 1. The van der Waals surface area contributed by atoms with Crippen molar-refractivity contribution in [1.29, 1.82) is 0 Å². The largest absolute Gasteiger partial charge is 0.394 e. The molecule has 3 fully saturated rings. The van der Waals surface area contributed by atoms with Gasteiger partial charge in [-0.15, -0.1) is 11.8 Å². The molecule has 4 rings (SSSR count). The second kappa shape index (κ2) is 8.64. The number of likely N-dealkylation sites (tertiary alicyclic amines) is 1. The van der Waals surface area contributed by atoms with Crippen LogP contribution in [0, 0.1) is 11.8 Å². The van der Waals surface area contributed by atoms with Gasteiger partial charge >= 0.3 is 0 Å². The van der Waals surface area contributed by atoms with Gasteiger partial charge in [-0.05, 0) is 50.5 Å². The highest BCUT2D eigenvalue weighted by Gasteiger charge is 2.73. The Morgan fingerprint density at radius 2 is 2.03 bits per heavy atom. The number of hydrogen-bond donors (Lipinski definition) is 3. The number of rotatable bonds is 7. The maximum atomic E-state index is 13.6. The molecule has 3 amide bonds. The molecule has 168 valence electrons. The first kappa shape index (κ1) is 22.4. The van der Waals surface area contributed by atoms with Crippen LogP contribution in [0.3, 0.4) is 0 Å². The van der Waals surface area contributed by atoms with Crippen LogP contribution in [-0.2, 0) is 14.4 Å². The lowest BCUT2D eigenvalue weighted by Gasteiger charge is -2.36. The molecular weight excluding hydrogens is 438 g/mol. The first-order valence-corrected chi connectivity index (χ1v) is 12.0. The zero-order valence-electron chi connectivity index (χ0n) is 17.6. The van der Waals surface area contributed by atoms with Crippen LogP contribution in [0.2, 0.25) is 5.02 Å². The van der Waals surface area contributed by atoms with Crippen LogP contribution in [0.15, 0.2) is 24.3 Å². The van der Waals surface area contributed by atoms with E-state index in [-0.39, 0.29) is 29.6 Å². The van der Waals surface area contributed by atoms with Crippen molar-refractivity contribution in [2.45, 2.75) is 55.2 Å². The van der Waals surface area contributed by atoms with E-state index in [1.807, 2.05) is 6.92 Å². The Morgan fingerprint density at radius 1 is 1.32 bits per heavy atom. The van der Waals surface area contributed by atoms with Crippen molar-refractivity contribution in [1.82, 2.24) is 10.2 Å². The number of anilines is 1. The Hall–Kier alpha value is -1.77. The van der Waals surface area contributed by atoms with Gasteiger partial charge in [0.2, 0.25) is 17.7 Å². The number of amides is 3. The maximum absolute atomic E-state index is 13.6. The molecule has 6 atom stereocenters. The number of thioether (sulfide) groups is 1. The molecule has 3 aliphatic heterocycles. The molecule has 0 aromatic heterocycles. The van der Waals surface area contributed by atoms with Crippen molar-refractivity contribution in [3.05, 3.63) is 29.3 Å². The molecule has 0 radical (unpaired) electrons. The lowest BCUT2D eigenvalue weighted by molar-refractivity contribution is -0.141. The number of halogens is 1. The second-order valence-electron chi connectivity index (χ2n) is 8.62. The first-order valence-electron chi connectivity index (χ1n) is 10.8. The van der Waals surface area contributed by atoms with Gasteiger partial charge in [-0.25, -0.2) is 0 Å². The first-order chi connectivity index (χ1) is 14.8. The van der Waals surface area contributed by atoms with E-state index in [0.29, 0.717) is 23.7 Å². The zero-order valence-corrected chi connectivity index (χ0v) is 19.2.